The van der Waals surface area contributed by atoms with Crippen LogP contribution in [0.4, 0.5) is 5.82 Å². The standard InChI is InChI=1S/C10H17N5O2/c1-6(2)4-15(5-9(12)16)10(17)7-3-8(11)14-13-7/h3,6H,4-5H2,1-2H3,(H2,12,16)(H3,11,13,14). The van der Waals surface area contributed by atoms with Gasteiger partial charge in [0.15, 0.2) is 0 Å². The number of aromatic amines is 1. The van der Waals surface area contributed by atoms with Crippen LogP contribution in [0.3, 0.4) is 0 Å². The Morgan fingerprint density at radius 1 is 1.53 bits per heavy atom. The van der Waals surface area contributed by atoms with Crippen LogP contribution in [0.15, 0.2) is 6.07 Å². The minimum absolute atomic E-state index is 0.115. The summed E-state index contributed by atoms with van der Waals surface area (Å²) in [6.07, 6.45) is 0. The number of nitrogens with zero attached hydrogens (tertiary/aromatic N) is 2. The highest BCUT2D eigenvalue weighted by Gasteiger charge is 2.20. The van der Waals surface area contributed by atoms with E-state index in [1.807, 2.05) is 13.8 Å². The van der Waals surface area contributed by atoms with Crippen molar-refractivity contribution in [2.45, 2.75) is 13.8 Å². The van der Waals surface area contributed by atoms with Gasteiger partial charge in [0.2, 0.25) is 5.91 Å². The lowest BCUT2D eigenvalue weighted by Gasteiger charge is -2.22. The monoisotopic (exact) mass is 239 g/mol. The van der Waals surface area contributed by atoms with Gasteiger partial charge in [0.25, 0.3) is 5.91 Å². The Kier molecular flexibility index (Phi) is 4.08. The first-order chi connectivity index (χ1) is 7.90. The Labute approximate surface area is 99.1 Å². The number of hydrogen-bond acceptors (Lipinski definition) is 4. The van der Waals surface area contributed by atoms with Gasteiger partial charge in [-0.25, -0.2) is 0 Å². The number of amides is 2. The van der Waals surface area contributed by atoms with Crippen molar-refractivity contribution in [1.82, 2.24) is 15.1 Å². The first-order valence-electron chi connectivity index (χ1n) is 5.28. The van der Waals surface area contributed by atoms with Gasteiger partial charge in [-0.15, -0.1) is 0 Å². The third kappa shape index (κ3) is 3.78. The van der Waals surface area contributed by atoms with Crippen molar-refractivity contribution in [3.8, 4) is 0 Å². The summed E-state index contributed by atoms with van der Waals surface area (Å²) >= 11 is 0. The lowest BCUT2D eigenvalue weighted by Crippen LogP contribution is -2.40. The molecule has 0 bridgehead atoms. The van der Waals surface area contributed by atoms with Crippen molar-refractivity contribution in [2.24, 2.45) is 11.7 Å². The van der Waals surface area contributed by atoms with E-state index in [1.54, 1.807) is 0 Å². The van der Waals surface area contributed by atoms with Gasteiger partial charge in [0.1, 0.15) is 11.5 Å². The molecule has 7 heteroatoms. The highest BCUT2D eigenvalue weighted by molar-refractivity contribution is 5.95. The number of nitrogen functional groups attached to an aromatic ring is 1. The minimum Gasteiger partial charge on any atom is -0.382 e. The van der Waals surface area contributed by atoms with Crippen molar-refractivity contribution < 1.29 is 9.59 Å². The molecule has 0 aliphatic heterocycles. The second kappa shape index (κ2) is 5.33. The Morgan fingerprint density at radius 2 is 2.18 bits per heavy atom. The molecule has 0 unspecified atom stereocenters. The predicted octanol–water partition coefficient (Wildman–Crippen LogP) is -0.425. The molecule has 1 rings (SSSR count). The van der Waals surface area contributed by atoms with E-state index in [-0.39, 0.29) is 29.9 Å². The molecule has 94 valence electrons. The van der Waals surface area contributed by atoms with Crippen LogP contribution in [0.5, 0.6) is 0 Å². The van der Waals surface area contributed by atoms with E-state index in [2.05, 4.69) is 10.2 Å². The molecule has 1 heterocycles. The number of rotatable bonds is 5. The van der Waals surface area contributed by atoms with E-state index in [9.17, 15) is 9.59 Å². The second-order valence-electron chi connectivity index (χ2n) is 4.25. The normalized spacial score (nSPS) is 10.5. The lowest BCUT2D eigenvalue weighted by molar-refractivity contribution is -0.118. The van der Waals surface area contributed by atoms with Gasteiger partial charge in [-0.05, 0) is 5.92 Å². The summed E-state index contributed by atoms with van der Waals surface area (Å²) in [5, 5.41) is 6.18. The smallest absolute Gasteiger partial charge is 0.272 e. The average Bonchev–Trinajstić information content (AvgIpc) is 2.61. The fourth-order valence-electron chi connectivity index (χ4n) is 1.47. The SMILES string of the molecule is CC(C)CN(CC(N)=O)C(=O)c1cc(N)n[nH]1. The summed E-state index contributed by atoms with van der Waals surface area (Å²) in [6.45, 7) is 4.22. The van der Waals surface area contributed by atoms with Gasteiger partial charge in [0.05, 0.1) is 6.54 Å². The van der Waals surface area contributed by atoms with E-state index in [0.717, 1.165) is 0 Å². The topological polar surface area (TPSA) is 118 Å². The molecular weight excluding hydrogens is 222 g/mol. The molecule has 0 spiro atoms. The van der Waals surface area contributed by atoms with Gasteiger partial charge in [-0.3, -0.25) is 14.7 Å². The molecule has 0 atom stereocenters. The fourth-order valence-corrected chi connectivity index (χ4v) is 1.47. The molecule has 0 radical (unpaired) electrons. The molecular formula is C10H17N5O2. The van der Waals surface area contributed by atoms with Crippen LogP contribution in [0.2, 0.25) is 0 Å². The number of aromatic nitrogens is 2. The maximum Gasteiger partial charge on any atom is 0.272 e. The highest BCUT2D eigenvalue weighted by Crippen LogP contribution is 2.07. The fraction of sp³-hybridized carbons (Fsp3) is 0.500. The highest BCUT2D eigenvalue weighted by atomic mass is 16.2. The van der Waals surface area contributed by atoms with Crippen molar-refractivity contribution in [3.63, 3.8) is 0 Å². The molecule has 2 amide bonds. The van der Waals surface area contributed by atoms with Crippen molar-refractivity contribution >= 4 is 17.6 Å². The molecule has 17 heavy (non-hydrogen) atoms. The maximum atomic E-state index is 12.0. The Morgan fingerprint density at radius 3 is 2.59 bits per heavy atom. The molecule has 0 saturated carbocycles. The zero-order valence-electron chi connectivity index (χ0n) is 9.93. The number of carbonyl (C=O) groups is 2. The first-order valence-corrected chi connectivity index (χ1v) is 5.28. The van der Waals surface area contributed by atoms with E-state index in [4.69, 9.17) is 11.5 Å². The van der Waals surface area contributed by atoms with Gasteiger partial charge >= 0.3 is 0 Å². The lowest BCUT2D eigenvalue weighted by atomic mass is 10.2. The summed E-state index contributed by atoms with van der Waals surface area (Å²) in [5.74, 6) is -0.413. The zero-order chi connectivity index (χ0) is 13.0. The molecule has 5 N–H and O–H groups in total. The van der Waals surface area contributed by atoms with Gasteiger partial charge < -0.3 is 16.4 Å². The number of carbonyl (C=O) groups excluding carboxylic acids is 2. The number of primary amides is 1. The first kappa shape index (κ1) is 13.0. The third-order valence-corrected chi connectivity index (χ3v) is 2.05. The van der Waals surface area contributed by atoms with Gasteiger partial charge in [0, 0.05) is 12.6 Å². The zero-order valence-corrected chi connectivity index (χ0v) is 9.93. The minimum atomic E-state index is -0.550. The van der Waals surface area contributed by atoms with E-state index in [1.165, 1.54) is 11.0 Å². The second-order valence-corrected chi connectivity index (χ2v) is 4.25. The molecule has 7 nitrogen and oxygen atoms in total. The van der Waals surface area contributed by atoms with Crippen LogP contribution in [0.25, 0.3) is 0 Å². The average molecular weight is 239 g/mol. The Bertz CT molecular complexity index is 413. The summed E-state index contributed by atoms with van der Waals surface area (Å²) in [6, 6.07) is 1.43. The van der Waals surface area contributed by atoms with E-state index >= 15 is 0 Å². The number of nitrogens with one attached hydrogen (secondary N) is 1. The van der Waals surface area contributed by atoms with Gasteiger partial charge in [-0.2, -0.15) is 5.10 Å². The Balaban J connectivity index is 2.82. The number of nitrogens with two attached hydrogens (primary N) is 2. The van der Waals surface area contributed by atoms with Crippen LogP contribution in [0.1, 0.15) is 24.3 Å². The number of hydrogen-bond donors (Lipinski definition) is 3. The number of anilines is 1. The number of H-pyrrole nitrogens is 1. The molecule has 0 aliphatic carbocycles. The maximum absolute atomic E-state index is 12.0. The van der Waals surface area contributed by atoms with Crippen LogP contribution in [-0.2, 0) is 4.79 Å². The molecule has 0 aliphatic rings. The van der Waals surface area contributed by atoms with E-state index in [0.29, 0.717) is 6.54 Å². The molecule has 0 saturated heterocycles. The van der Waals surface area contributed by atoms with Crippen LogP contribution < -0.4 is 11.5 Å². The molecule has 1 aromatic heterocycles. The predicted molar refractivity (Wildman–Crippen MR) is 62.9 cm³/mol. The van der Waals surface area contributed by atoms with Crippen molar-refractivity contribution in [3.05, 3.63) is 11.8 Å². The summed E-state index contributed by atoms with van der Waals surface area (Å²) in [5.41, 5.74) is 10.8. The van der Waals surface area contributed by atoms with Crippen molar-refractivity contribution in [1.29, 1.82) is 0 Å². The van der Waals surface area contributed by atoms with E-state index < -0.39 is 5.91 Å². The summed E-state index contributed by atoms with van der Waals surface area (Å²) in [7, 11) is 0. The summed E-state index contributed by atoms with van der Waals surface area (Å²) in [4.78, 5) is 24.3. The molecule has 0 fully saturated rings. The Hall–Kier alpha value is -2.05. The summed E-state index contributed by atoms with van der Waals surface area (Å²) < 4.78 is 0. The largest absolute Gasteiger partial charge is 0.382 e. The van der Waals surface area contributed by atoms with Crippen molar-refractivity contribution in [2.75, 3.05) is 18.8 Å². The molecule has 1 aromatic rings. The third-order valence-electron chi connectivity index (χ3n) is 2.05. The quantitative estimate of drug-likeness (QED) is 0.646. The van der Waals surface area contributed by atoms with Gasteiger partial charge in [-0.1, -0.05) is 13.8 Å². The van der Waals surface area contributed by atoms with Crippen LogP contribution >= 0.6 is 0 Å². The van der Waals surface area contributed by atoms with Crippen LogP contribution in [0, 0.1) is 5.92 Å². The van der Waals surface area contributed by atoms with Crippen LogP contribution in [-0.4, -0.2) is 40.0 Å². The molecule has 0 aromatic carbocycles.